The molecule has 0 aromatic heterocycles. The average Bonchev–Trinajstić information content (AvgIpc) is 2.64. The summed E-state index contributed by atoms with van der Waals surface area (Å²) >= 11 is 6.24. The Bertz CT molecular complexity index is 824. The predicted molar refractivity (Wildman–Crippen MR) is 103 cm³/mol. The molecule has 2 aromatic rings. The molecule has 2 aromatic carbocycles. The summed E-state index contributed by atoms with van der Waals surface area (Å²) in [6, 6.07) is 9.13. The first kappa shape index (κ1) is 19.3. The monoisotopic (exact) mass is 391 g/mol. The van der Waals surface area contributed by atoms with Crippen LogP contribution >= 0.6 is 11.6 Å². The minimum Gasteiger partial charge on any atom is -0.489 e. The predicted octanol–water partition coefficient (Wildman–Crippen LogP) is 3.63. The van der Waals surface area contributed by atoms with Gasteiger partial charge in [0.15, 0.2) is 11.5 Å². The van der Waals surface area contributed by atoms with E-state index >= 15 is 0 Å². The lowest BCUT2D eigenvalue weighted by Crippen LogP contribution is -2.18. The van der Waals surface area contributed by atoms with Crippen molar-refractivity contribution >= 4 is 23.2 Å². The smallest absolute Gasteiger partial charge is 0.228 e. The Hall–Kier alpha value is -2.44. The summed E-state index contributed by atoms with van der Waals surface area (Å²) in [5, 5.41) is 3.33. The maximum absolute atomic E-state index is 12.5. The normalized spacial score (nSPS) is 12.6. The molecule has 27 heavy (non-hydrogen) atoms. The van der Waals surface area contributed by atoms with Crippen LogP contribution in [0.1, 0.15) is 11.1 Å². The lowest BCUT2D eigenvalue weighted by Gasteiger charge is -2.20. The van der Waals surface area contributed by atoms with E-state index in [0.717, 1.165) is 11.1 Å². The number of methoxy groups -OCH3 is 1. The van der Waals surface area contributed by atoms with Crippen molar-refractivity contribution in [3.63, 3.8) is 0 Å². The summed E-state index contributed by atoms with van der Waals surface area (Å²) in [4.78, 5) is 12.5. The van der Waals surface area contributed by atoms with Crippen molar-refractivity contribution in [2.45, 2.75) is 13.3 Å². The van der Waals surface area contributed by atoms with Crippen LogP contribution in [0, 0.1) is 6.92 Å². The molecule has 0 aliphatic carbocycles. The van der Waals surface area contributed by atoms with Crippen molar-refractivity contribution in [1.82, 2.24) is 0 Å². The third-order valence-corrected chi connectivity index (χ3v) is 4.26. The highest BCUT2D eigenvalue weighted by atomic mass is 35.5. The topological polar surface area (TPSA) is 66.0 Å². The van der Waals surface area contributed by atoms with Gasteiger partial charge in [-0.15, -0.1) is 0 Å². The van der Waals surface area contributed by atoms with E-state index in [2.05, 4.69) is 5.32 Å². The van der Waals surface area contributed by atoms with Gasteiger partial charge in [0, 0.05) is 7.11 Å². The maximum atomic E-state index is 12.5. The Morgan fingerprint density at radius 2 is 2.00 bits per heavy atom. The number of carbonyl (C=O) groups is 1. The van der Waals surface area contributed by atoms with Gasteiger partial charge in [-0.2, -0.15) is 0 Å². The summed E-state index contributed by atoms with van der Waals surface area (Å²) in [6.45, 7) is 3.76. The Kier molecular flexibility index (Phi) is 6.42. The number of amides is 1. The van der Waals surface area contributed by atoms with Gasteiger partial charge in [0.1, 0.15) is 25.6 Å². The van der Waals surface area contributed by atoms with Crippen LogP contribution in [0.15, 0.2) is 30.3 Å². The largest absolute Gasteiger partial charge is 0.489 e. The summed E-state index contributed by atoms with van der Waals surface area (Å²) in [6.07, 6.45) is 0.155. The molecule has 3 rings (SSSR count). The van der Waals surface area contributed by atoms with Crippen LogP contribution in [-0.4, -0.2) is 39.4 Å². The standard InChI is InChI=1S/C20H22ClNO5/c1-13-3-4-16(17(9-13)25-6-5-24-2)22-19(23)12-14-10-15(21)20-18(11-14)26-7-8-27-20/h3-4,9-11H,5-8,12H2,1-2H3,(H,22,23). The van der Waals surface area contributed by atoms with E-state index in [9.17, 15) is 4.79 Å². The summed E-state index contributed by atoms with van der Waals surface area (Å²) in [7, 11) is 1.61. The van der Waals surface area contributed by atoms with Crippen molar-refractivity contribution in [3.8, 4) is 17.2 Å². The highest BCUT2D eigenvalue weighted by Gasteiger charge is 2.18. The quantitative estimate of drug-likeness (QED) is 0.730. The van der Waals surface area contributed by atoms with Gasteiger partial charge >= 0.3 is 0 Å². The van der Waals surface area contributed by atoms with Gasteiger partial charge in [-0.1, -0.05) is 17.7 Å². The third-order valence-electron chi connectivity index (χ3n) is 3.98. The van der Waals surface area contributed by atoms with Gasteiger partial charge in [0.2, 0.25) is 5.91 Å². The average molecular weight is 392 g/mol. The van der Waals surface area contributed by atoms with Crippen molar-refractivity contribution in [3.05, 3.63) is 46.5 Å². The zero-order chi connectivity index (χ0) is 19.2. The Morgan fingerprint density at radius 3 is 2.81 bits per heavy atom. The van der Waals surface area contributed by atoms with Crippen LogP contribution in [0.4, 0.5) is 5.69 Å². The Balaban J connectivity index is 1.70. The Labute approximate surface area is 163 Å². The molecular weight excluding hydrogens is 370 g/mol. The number of aryl methyl sites for hydroxylation is 1. The second-order valence-corrected chi connectivity index (χ2v) is 6.57. The first-order valence-corrected chi connectivity index (χ1v) is 9.05. The fourth-order valence-electron chi connectivity index (χ4n) is 2.73. The highest BCUT2D eigenvalue weighted by Crippen LogP contribution is 2.38. The lowest BCUT2D eigenvalue weighted by molar-refractivity contribution is -0.115. The molecule has 0 saturated carbocycles. The van der Waals surface area contributed by atoms with Gasteiger partial charge < -0.3 is 24.3 Å². The molecule has 7 heteroatoms. The molecule has 1 heterocycles. The number of nitrogens with one attached hydrogen (secondary N) is 1. The highest BCUT2D eigenvalue weighted by molar-refractivity contribution is 6.32. The molecule has 1 amide bonds. The second-order valence-electron chi connectivity index (χ2n) is 6.17. The van der Waals surface area contributed by atoms with E-state index < -0.39 is 0 Å². The molecule has 1 N–H and O–H groups in total. The number of benzene rings is 2. The molecule has 144 valence electrons. The molecule has 0 bridgehead atoms. The number of halogens is 1. The number of hydrogen-bond acceptors (Lipinski definition) is 5. The van der Waals surface area contributed by atoms with Crippen LogP contribution < -0.4 is 19.5 Å². The first-order valence-electron chi connectivity index (χ1n) is 8.67. The van der Waals surface area contributed by atoms with E-state index in [1.807, 2.05) is 25.1 Å². The number of rotatable bonds is 7. The van der Waals surface area contributed by atoms with Crippen molar-refractivity contribution in [1.29, 1.82) is 0 Å². The minimum atomic E-state index is -0.178. The minimum absolute atomic E-state index is 0.155. The third kappa shape index (κ3) is 5.05. The molecule has 6 nitrogen and oxygen atoms in total. The van der Waals surface area contributed by atoms with Crippen LogP contribution in [0.25, 0.3) is 0 Å². The van der Waals surface area contributed by atoms with E-state index in [1.54, 1.807) is 19.2 Å². The molecular formula is C20H22ClNO5. The van der Waals surface area contributed by atoms with E-state index in [-0.39, 0.29) is 12.3 Å². The van der Waals surface area contributed by atoms with Gasteiger partial charge in [-0.3, -0.25) is 4.79 Å². The first-order chi connectivity index (χ1) is 13.1. The zero-order valence-electron chi connectivity index (χ0n) is 15.3. The Morgan fingerprint density at radius 1 is 1.19 bits per heavy atom. The number of anilines is 1. The SMILES string of the molecule is COCCOc1cc(C)ccc1NC(=O)Cc1cc(Cl)c2c(c1)OCCO2. The molecule has 0 atom stereocenters. The number of ether oxygens (including phenoxy) is 4. The van der Waals surface area contributed by atoms with Crippen LogP contribution in [0.2, 0.25) is 5.02 Å². The van der Waals surface area contributed by atoms with Crippen LogP contribution in [0.5, 0.6) is 17.2 Å². The molecule has 0 spiro atoms. The molecule has 1 aliphatic heterocycles. The lowest BCUT2D eigenvalue weighted by atomic mass is 10.1. The summed E-state index contributed by atoms with van der Waals surface area (Å²) in [5.74, 6) is 1.53. The molecule has 0 saturated heterocycles. The summed E-state index contributed by atoms with van der Waals surface area (Å²) < 4.78 is 21.8. The molecule has 0 unspecified atom stereocenters. The van der Waals surface area contributed by atoms with Crippen molar-refractivity contribution < 1.29 is 23.7 Å². The van der Waals surface area contributed by atoms with Gasteiger partial charge in [-0.05, 0) is 42.3 Å². The van der Waals surface area contributed by atoms with Crippen molar-refractivity contribution in [2.75, 3.05) is 38.9 Å². The fourth-order valence-corrected chi connectivity index (χ4v) is 3.02. The zero-order valence-corrected chi connectivity index (χ0v) is 16.1. The van der Waals surface area contributed by atoms with Crippen LogP contribution in [0.3, 0.4) is 0 Å². The van der Waals surface area contributed by atoms with E-state index in [0.29, 0.717) is 54.4 Å². The van der Waals surface area contributed by atoms with E-state index in [4.69, 9.17) is 30.5 Å². The number of fused-ring (bicyclic) bond motifs is 1. The van der Waals surface area contributed by atoms with Crippen molar-refractivity contribution in [2.24, 2.45) is 0 Å². The molecule has 0 fully saturated rings. The number of hydrogen-bond donors (Lipinski definition) is 1. The van der Waals surface area contributed by atoms with E-state index in [1.165, 1.54) is 0 Å². The van der Waals surface area contributed by atoms with Gasteiger partial charge in [0.05, 0.1) is 23.7 Å². The van der Waals surface area contributed by atoms with Gasteiger partial charge in [0.25, 0.3) is 0 Å². The number of carbonyl (C=O) groups excluding carboxylic acids is 1. The second kappa shape index (κ2) is 8.97. The molecule has 0 radical (unpaired) electrons. The maximum Gasteiger partial charge on any atom is 0.228 e. The molecule has 1 aliphatic rings. The van der Waals surface area contributed by atoms with Crippen LogP contribution in [-0.2, 0) is 16.0 Å². The summed E-state index contributed by atoms with van der Waals surface area (Å²) in [5.41, 5.74) is 2.40. The fraction of sp³-hybridized carbons (Fsp3) is 0.350. The van der Waals surface area contributed by atoms with Gasteiger partial charge in [-0.25, -0.2) is 0 Å².